The van der Waals surface area contributed by atoms with E-state index in [1.165, 1.54) is 37.1 Å². The lowest BCUT2D eigenvalue weighted by Gasteiger charge is -2.10. The van der Waals surface area contributed by atoms with Gasteiger partial charge >= 0.3 is 0 Å². The number of fused-ring (bicyclic) bond motifs is 1. The summed E-state index contributed by atoms with van der Waals surface area (Å²) in [5, 5.41) is 14.5. The van der Waals surface area contributed by atoms with Gasteiger partial charge in [-0.25, -0.2) is 0 Å². The Morgan fingerprint density at radius 2 is 2.08 bits per heavy atom. The molecule has 0 saturated heterocycles. The summed E-state index contributed by atoms with van der Waals surface area (Å²) in [6.45, 7) is 0. The number of aromatic nitrogens is 1. The molecule has 1 N–H and O–H groups in total. The standard InChI is InChI=1S/C18H15N3O4S/c1-25-15-10-13(21(23)24)7-8-14(15)20-17(22)11-26-16-6-2-4-12-5-3-9-19-18(12)16/h2-10H,11H2,1H3,(H,20,22). The molecular weight excluding hydrogens is 354 g/mol. The fourth-order valence-electron chi connectivity index (χ4n) is 2.42. The van der Waals surface area contributed by atoms with Crippen molar-refractivity contribution in [1.82, 2.24) is 4.98 Å². The van der Waals surface area contributed by atoms with Gasteiger partial charge in [0.1, 0.15) is 5.75 Å². The second kappa shape index (κ2) is 7.83. The number of amides is 1. The quantitative estimate of drug-likeness (QED) is 0.402. The Morgan fingerprint density at radius 1 is 1.27 bits per heavy atom. The highest BCUT2D eigenvalue weighted by Gasteiger charge is 2.14. The minimum atomic E-state index is -0.516. The van der Waals surface area contributed by atoms with E-state index in [1.807, 2.05) is 30.3 Å². The van der Waals surface area contributed by atoms with Crippen molar-refractivity contribution in [2.45, 2.75) is 4.90 Å². The molecule has 1 heterocycles. The highest BCUT2D eigenvalue weighted by Crippen LogP contribution is 2.30. The minimum Gasteiger partial charge on any atom is -0.494 e. The van der Waals surface area contributed by atoms with Crippen LogP contribution in [0.25, 0.3) is 10.9 Å². The molecule has 8 heteroatoms. The Hall–Kier alpha value is -3.13. The number of nitro groups is 1. The molecule has 0 unspecified atom stereocenters. The molecule has 26 heavy (non-hydrogen) atoms. The number of nitro benzene ring substituents is 1. The number of nitrogens with one attached hydrogen (secondary N) is 1. The Kier molecular flexibility index (Phi) is 5.33. The van der Waals surface area contributed by atoms with Crippen molar-refractivity contribution in [2.75, 3.05) is 18.2 Å². The number of nitrogens with zero attached hydrogens (tertiary/aromatic N) is 2. The van der Waals surface area contributed by atoms with E-state index in [-0.39, 0.29) is 23.1 Å². The second-order valence-electron chi connectivity index (χ2n) is 5.31. The van der Waals surface area contributed by atoms with E-state index >= 15 is 0 Å². The van der Waals surface area contributed by atoms with Gasteiger partial charge in [0.2, 0.25) is 5.91 Å². The Labute approximate surface area is 153 Å². The number of hydrogen-bond donors (Lipinski definition) is 1. The van der Waals surface area contributed by atoms with Gasteiger partial charge in [0.05, 0.1) is 35.1 Å². The first-order chi connectivity index (χ1) is 12.6. The van der Waals surface area contributed by atoms with Crippen LogP contribution in [0.1, 0.15) is 0 Å². The molecule has 132 valence electrons. The Bertz CT molecular complexity index is 972. The van der Waals surface area contributed by atoms with E-state index < -0.39 is 4.92 Å². The van der Waals surface area contributed by atoms with Crippen LogP contribution in [0.3, 0.4) is 0 Å². The first kappa shape index (κ1) is 17.7. The van der Waals surface area contributed by atoms with Gasteiger partial charge in [-0.1, -0.05) is 18.2 Å². The maximum Gasteiger partial charge on any atom is 0.273 e. The molecule has 3 aromatic rings. The van der Waals surface area contributed by atoms with Crippen molar-refractivity contribution < 1.29 is 14.5 Å². The maximum atomic E-state index is 12.3. The van der Waals surface area contributed by atoms with Crippen LogP contribution < -0.4 is 10.1 Å². The van der Waals surface area contributed by atoms with Gasteiger partial charge in [0.15, 0.2) is 0 Å². The van der Waals surface area contributed by atoms with E-state index in [1.54, 1.807) is 6.20 Å². The molecule has 0 radical (unpaired) electrons. The highest BCUT2D eigenvalue weighted by molar-refractivity contribution is 8.00. The van der Waals surface area contributed by atoms with Crippen LogP contribution in [0.5, 0.6) is 5.75 Å². The first-order valence-electron chi connectivity index (χ1n) is 7.67. The van der Waals surface area contributed by atoms with Gasteiger partial charge in [0.25, 0.3) is 5.69 Å². The molecule has 0 spiro atoms. The third kappa shape index (κ3) is 3.92. The van der Waals surface area contributed by atoms with E-state index in [0.717, 1.165) is 15.8 Å². The predicted octanol–water partition coefficient (Wildman–Crippen LogP) is 3.88. The van der Waals surface area contributed by atoms with Crippen LogP contribution >= 0.6 is 11.8 Å². The average molecular weight is 369 g/mol. The summed E-state index contributed by atoms with van der Waals surface area (Å²) in [5.41, 5.74) is 1.14. The van der Waals surface area contributed by atoms with Crippen molar-refractivity contribution in [2.24, 2.45) is 0 Å². The summed E-state index contributed by atoms with van der Waals surface area (Å²) in [7, 11) is 1.39. The van der Waals surface area contributed by atoms with Gasteiger partial charge in [0, 0.05) is 22.5 Å². The number of methoxy groups -OCH3 is 1. The van der Waals surface area contributed by atoms with E-state index in [4.69, 9.17) is 4.74 Å². The largest absolute Gasteiger partial charge is 0.494 e. The zero-order valence-electron chi connectivity index (χ0n) is 13.8. The fraction of sp³-hybridized carbons (Fsp3) is 0.111. The molecule has 0 aliphatic carbocycles. The number of para-hydroxylation sites is 1. The molecular formula is C18H15N3O4S. The van der Waals surface area contributed by atoms with Crippen LogP contribution in [0, 0.1) is 10.1 Å². The number of rotatable bonds is 6. The molecule has 0 fully saturated rings. The Morgan fingerprint density at radius 3 is 2.85 bits per heavy atom. The van der Waals surface area contributed by atoms with Crippen LogP contribution in [0.4, 0.5) is 11.4 Å². The number of carbonyl (C=O) groups excluding carboxylic acids is 1. The molecule has 0 aliphatic rings. The normalized spacial score (nSPS) is 10.5. The number of non-ortho nitro benzene ring substituents is 1. The van der Waals surface area contributed by atoms with Gasteiger partial charge in [-0.15, -0.1) is 11.8 Å². The summed E-state index contributed by atoms with van der Waals surface area (Å²) in [4.78, 5) is 27.8. The smallest absolute Gasteiger partial charge is 0.273 e. The van der Waals surface area contributed by atoms with Crippen molar-refractivity contribution in [1.29, 1.82) is 0 Å². The number of thioether (sulfide) groups is 1. The second-order valence-corrected chi connectivity index (χ2v) is 6.33. The number of anilines is 1. The van der Waals surface area contributed by atoms with E-state index in [2.05, 4.69) is 10.3 Å². The van der Waals surface area contributed by atoms with Gasteiger partial charge in [-0.3, -0.25) is 19.9 Å². The van der Waals surface area contributed by atoms with Crippen molar-refractivity contribution in [3.8, 4) is 5.75 Å². The molecule has 0 bridgehead atoms. The molecule has 0 atom stereocenters. The average Bonchev–Trinajstić information content (AvgIpc) is 2.66. The summed E-state index contributed by atoms with van der Waals surface area (Å²) in [6, 6.07) is 13.7. The van der Waals surface area contributed by atoms with Crippen LogP contribution in [0.2, 0.25) is 0 Å². The van der Waals surface area contributed by atoms with Crippen molar-refractivity contribution in [3.05, 3.63) is 64.8 Å². The summed E-state index contributed by atoms with van der Waals surface area (Å²) in [6.07, 6.45) is 1.72. The molecule has 0 aliphatic heterocycles. The third-order valence-electron chi connectivity index (χ3n) is 3.62. The molecule has 2 aromatic carbocycles. The monoisotopic (exact) mass is 369 g/mol. The summed E-state index contributed by atoms with van der Waals surface area (Å²) in [5.74, 6) is 0.176. The van der Waals surface area contributed by atoms with Crippen LogP contribution in [-0.2, 0) is 4.79 Å². The third-order valence-corrected chi connectivity index (χ3v) is 4.67. The molecule has 3 rings (SSSR count). The first-order valence-corrected chi connectivity index (χ1v) is 8.66. The predicted molar refractivity (Wildman–Crippen MR) is 101 cm³/mol. The number of ether oxygens (including phenoxy) is 1. The lowest BCUT2D eigenvalue weighted by Crippen LogP contribution is -2.14. The topological polar surface area (TPSA) is 94.4 Å². The lowest BCUT2D eigenvalue weighted by atomic mass is 10.2. The van der Waals surface area contributed by atoms with E-state index in [0.29, 0.717) is 5.69 Å². The number of carbonyl (C=O) groups is 1. The molecule has 1 aromatic heterocycles. The van der Waals surface area contributed by atoms with Crippen LogP contribution in [-0.4, -0.2) is 28.7 Å². The highest BCUT2D eigenvalue weighted by atomic mass is 32.2. The SMILES string of the molecule is COc1cc([N+](=O)[O-])ccc1NC(=O)CSc1cccc2cccnc12. The van der Waals surface area contributed by atoms with Crippen molar-refractivity contribution in [3.63, 3.8) is 0 Å². The minimum absolute atomic E-state index is 0.101. The summed E-state index contributed by atoms with van der Waals surface area (Å²) < 4.78 is 5.12. The number of hydrogen-bond acceptors (Lipinski definition) is 6. The molecule has 1 amide bonds. The zero-order valence-corrected chi connectivity index (χ0v) is 14.7. The number of benzene rings is 2. The lowest BCUT2D eigenvalue weighted by molar-refractivity contribution is -0.384. The molecule has 7 nitrogen and oxygen atoms in total. The van der Waals surface area contributed by atoms with Gasteiger partial charge < -0.3 is 10.1 Å². The van der Waals surface area contributed by atoms with Crippen molar-refractivity contribution >= 4 is 39.9 Å². The fourth-order valence-corrected chi connectivity index (χ4v) is 3.26. The van der Waals surface area contributed by atoms with Gasteiger partial charge in [-0.2, -0.15) is 0 Å². The van der Waals surface area contributed by atoms with Crippen LogP contribution in [0.15, 0.2) is 59.6 Å². The Balaban J connectivity index is 1.70. The zero-order chi connectivity index (χ0) is 18.5. The molecule has 0 saturated carbocycles. The maximum absolute atomic E-state index is 12.3. The number of pyridine rings is 1. The van der Waals surface area contributed by atoms with E-state index in [9.17, 15) is 14.9 Å². The van der Waals surface area contributed by atoms with Gasteiger partial charge in [-0.05, 0) is 18.2 Å². The summed E-state index contributed by atoms with van der Waals surface area (Å²) >= 11 is 1.38.